The first-order chi connectivity index (χ1) is 5.84. The first-order valence-corrected chi connectivity index (χ1v) is 5.36. The van der Waals surface area contributed by atoms with Crippen LogP contribution in [0.25, 0.3) is 0 Å². The number of carbonyl (C=O) groups is 1. The van der Waals surface area contributed by atoms with Gasteiger partial charge in [-0.05, 0) is 20.8 Å². The predicted octanol–water partition coefficient (Wildman–Crippen LogP) is 1.55. The van der Waals surface area contributed by atoms with E-state index in [0.717, 1.165) is 0 Å². The molecule has 1 unspecified atom stereocenters. The summed E-state index contributed by atoms with van der Waals surface area (Å²) in [6.45, 7) is 6.18. The Balaban J connectivity index is 2.73. The van der Waals surface area contributed by atoms with Gasteiger partial charge < -0.3 is 4.74 Å². The number of nitrogens with one attached hydrogen (secondary N) is 1. The summed E-state index contributed by atoms with van der Waals surface area (Å²) in [5.41, 5.74) is -1.02. The molecule has 0 aromatic carbocycles. The molecule has 0 radical (unpaired) electrons. The molecule has 76 valence electrons. The highest BCUT2D eigenvalue weighted by Crippen LogP contribution is 2.39. The quantitative estimate of drug-likeness (QED) is 0.635. The Morgan fingerprint density at radius 3 is 2.46 bits per heavy atom. The number of amides is 1. The number of hydrogen-bond donors (Lipinski definition) is 1. The van der Waals surface area contributed by atoms with E-state index in [1.807, 2.05) is 20.8 Å². The lowest BCUT2D eigenvalue weighted by molar-refractivity contribution is -0.128. The first-order valence-electron chi connectivity index (χ1n) is 3.86. The largest absolute Gasteiger partial charge is 0.353 e. The van der Waals surface area contributed by atoms with Crippen molar-refractivity contribution in [3.05, 3.63) is 0 Å². The summed E-state index contributed by atoms with van der Waals surface area (Å²) in [6, 6.07) is 0. The van der Waals surface area contributed by atoms with Crippen LogP contribution in [0.3, 0.4) is 0 Å². The van der Waals surface area contributed by atoms with E-state index in [9.17, 15) is 4.79 Å². The molecule has 1 atom stereocenters. The number of hydrogen-bond acceptors (Lipinski definition) is 3. The molecule has 0 aromatic heterocycles. The third-order valence-corrected chi connectivity index (χ3v) is 4.11. The van der Waals surface area contributed by atoms with Crippen molar-refractivity contribution < 1.29 is 9.53 Å². The van der Waals surface area contributed by atoms with E-state index in [4.69, 9.17) is 4.74 Å². The lowest BCUT2D eigenvalue weighted by Crippen LogP contribution is -2.53. The van der Waals surface area contributed by atoms with E-state index in [2.05, 4.69) is 36.6 Å². The maximum Gasteiger partial charge on any atom is 0.250 e. The van der Waals surface area contributed by atoms with Gasteiger partial charge in [0.15, 0.2) is 5.72 Å². The third-order valence-electron chi connectivity index (χ3n) is 2.11. The standard InChI is InChI=1S/C7H12Br2N2O2/c1-6(2,5(12)10-8)11(9)7(3)4-13-7/h4H2,1-3H3,(H,10,12). The molecule has 1 rings (SSSR count). The highest BCUT2D eigenvalue weighted by molar-refractivity contribution is 9.08. The molecular weight excluding hydrogens is 304 g/mol. The van der Waals surface area contributed by atoms with Gasteiger partial charge in [0.2, 0.25) is 0 Å². The van der Waals surface area contributed by atoms with E-state index in [0.29, 0.717) is 6.61 Å². The maximum atomic E-state index is 11.5. The van der Waals surface area contributed by atoms with Gasteiger partial charge in [0.05, 0.1) is 6.61 Å². The molecule has 0 spiro atoms. The van der Waals surface area contributed by atoms with Crippen LogP contribution in [0.15, 0.2) is 0 Å². The van der Waals surface area contributed by atoms with E-state index >= 15 is 0 Å². The monoisotopic (exact) mass is 314 g/mol. The molecule has 6 heteroatoms. The third kappa shape index (κ3) is 2.06. The van der Waals surface area contributed by atoms with Crippen LogP contribution >= 0.6 is 32.3 Å². The first kappa shape index (κ1) is 11.4. The van der Waals surface area contributed by atoms with E-state index in [1.54, 1.807) is 3.93 Å². The molecule has 4 nitrogen and oxygen atoms in total. The van der Waals surface area contributed by atoms with Gasteiger partial charge in [-0.2, -0.15) is 3.93 Å². The Morgan fingerprint density at radius 2 is 2.15 bits per heavy atom. The minimum Gasteiger partial charge on any atom is -0.353 e. The molecule has 13 heavy (non-hydrogen) atoms. The molecule has 1 amide bonds. The Hall–Kier alpha value is 0.350. The van der Waals surface area contributed by atoms with Crippen LogP contribution in [-0.2, 0) is 9.53 Å². The smallest absolute Gasteiger partial charge is 0.250 e. The minimum atomic E-state index is -0.658. The summed E-state index contributed by atoms with van der Waals surface area (Å²) in [5, 5.41) is 0. The SMILES string of the molecule is CC1(N(Br)C(C)(C)C(=O)NBr)CO1. The summed E-state index contributed by atoms with van der Waals surface area (Å²) < 4.78 is 9.39. The molecule has 0 aromatic rings. The van der Waals surface area contributed by atoms with E-state index in [1.165, 1.54) is 0 Å². The van der Waals surface area contributed by atoms with Crippen LogP contribution in [0.4, 0.5) is 0 Å². The fraction of sp³-hybridized carbons (Fsp3) is 0.857. The number of nitrogens with zero attached hydrogens (tertiary/aromatic N) is 1. The van der Waals surface area contributed by atoms with Crippen molar-refractivity contribution >= 4 is 38.2 Å². The van der Waals surface area contributed by atoms with Gasteiger partial charge in [0.25, 0.3) is 5.91 Å². The van der Waals surface area contributed by atoms with Gasteiger partial charge in [-0.3, -0.25) is 9.14 Å². The summed E-state index contributed by atoms with van der Waals surface area (Å²) >= 11 is 6.27. The zero-order valence-electron chi connectivity index (χ0n) is 7.73. The van der Waals surface area contributed by atoms with Crippen molar-refractivity contribution in [3.8, 4) is 0 Å². The van der Waals surface area contributed by atoms with Gasteiger partial charge in [0, 0.05) is 32.3 Å². The lowest BCUT2D eigenvalue weighted by Gasteiger charge is -2.33. The Bertz CT molecular complexity index is 229. The minimum absolute atomic E-state index is 0.124. The highest BCUT2D eigenvalue weighted by atomic mass is 79.9. The van der Waals surface area contributed by atoms with Crippen LogP contribution in [0.2, 0.25) is 0 Å². The fourth-order valence-corrected chi connectivity index (χ4v) is 1.86. The normalized spacial score (nSPS) is 27.5. The topological polar surface area (TPSA) is 44.9 Å². The summed E-state index contributed by atoms with van der Waals surface area (Å²) in [5.74, 6) is -0.124. The van der Waals surface area contributed by atoms with Crippen molar-refractivity contribution in [3.63, 3.8) is 0 Å². The van der Waals surface area contributed by atoms with Crippen molar-refractivity contribution in [1.29, 1.82) is 0 Å². The molecule has 0 saturated carbocycles. The summed E-state index contributed by atoms with van der Waals surface area (Å²) in [4.78, 5) is 11.5. The average molecular weight is 316 g/mol. The van der Waals surface area contributed by atoms with Gasteiger partial charge in [-0.15, -0.1) is 0 Å². The molecule has 1 fully saturated rings. The second kappa shape index (κ2) is 3.49. The number of ether oxygens (including phenoxy) is 1. The summed E-state index contributed by atoms with van der Waals surface area (Å²) in [6.07, 6.45) is 0. The maximum absolute atomic E-state index is 11.5. The molecule has 1 aliphatic rings. The van der Waals surface area contributed by atoms with Crippen LogP contribution in [-0.4, -0.2) is 27.7 Å². The Labute approximate surface area is 94.7 Å². The van der Waals surface area contributed by atoms with Crippen molar-refractivity contribution in [2.75, 3.05) is 6.61 Å². The summed E-state index contributed by atoms with van der Waals surface area (Å²) in [7, 11) is 0. The second-order valence-electron chi connectivity index (χ2n) is 3.73. The van der Waals surface area contributed by atoms with Gasteiger partial charge in [0.1, 0.15) is 5.54 Å². The van der Waals surface area contributed by atoms with Crippen molar-refractivity contribution in [2.24, 2.45) is 0 Å². The molecule has 0 aliphatic carbocycles. The van der Waals surface area contributed by atoms with Crippen molar-refractivity contribution in [2.45, 2.75) is 32.0 Å². The van der Waals surface area contributed by atoms with E-state index < -0.39 is 5.54 Å². The number of epoxide rings is 1. The molecule has 1 saturated heterocycles. The number of carbonyl (C=O) groups excluding carboxylic acids is 1. The predicted molar refractivity (Wildman–Crippen MR) is 56.3 cm³/mol. The number of rotatable bonds is 3. The molecule has 1 N–H and O–H groups in total. The molecule has 0 bridgehead atoms. The average Bonchev–Trinajstić information content (AvgIpc) is 2.82. The molecule has 1 heterocycles. The zero-order valence-corrected chi connectivity index (χ0v) is 10.9. The Kier molecular flexibility index (Phi) is 3.07. The van der Waals surface area contributed by atoms with Gasteiger partial charge in [-0.1, -0.05) is 0 Å². The van der Waals surface area contributed by atoms with Gasteiger partial charge >= 0.3 is 0 Å². The van der Waals surface area contributed by atoms with Crippen LogP contribution in [0.5, 0.6) is 0 Å². The Morgan fingerprint density at radius 1 is 1.69 bits per heavy atom. The number of halogens is 2. The van der Waals surface area contributed by atoms with Crippen LogP contribution < -0.4 is 4.34 Å². The lowest BCUT2D eigenvalue weighted by atomic mass is 10.0. The van der Waals surface area contributed by atoms with Crippen LogP contribution in [0.1, 0.15) is 20.8 Å². The fourth-order valence-electron chi connectivity index (χ4n) is 1.01. The second-order valence-corrected chi connectivity index (χ2v) is 4.83. The van der Waals surface area contributed by atoms with Gasteiger partial charge in [-0.25, -0.2) is 0 Å². The highest BCUT2D eigenvalue weighted by Gasteiger charge is 2.52. The van der Waals surface area contributed by atoms with E-state index in [-0.39, 0.29) is 11.6 Å². The van der Waals surface area contributed by atoms with Crippen molar-refractivity contribution in [1.82, 2.24) is 8.27 Å². The van der Waals surface area contributed by atoms with Crippen LogP contribution in [0, 0.1) is 0 Å². The zero-order chi connectivity index (χ0) is 10.3. The molecular formula is C7H12Br2N2O2. The molecule has 1 aliphatic heterocycles.